The Kier molecular flexibility index (Phi) is 6.99. The van der Waals surface area contributed by atoms with Gasteiger partial charge in [0.25, 0.3) is 5.91 Å². The average Bonchev–Trinajstić information content (AvgIpc) is 3.54. The number of amides is 1. The first-order chi connectivity index (χ1) is 18.4. The zero-order chi connectivity index (χ0) is 26.7. The van der Waals surface area contributed by atoms with E-state index in [1.807, 2.05) is 38.1 Å². The van der Waals surface area contributed by atoms with Crippen molar-refractivity contribution in [2.45, 2.75) is 32.6 Å². The minimum absolute atomic E-state index is 0.138. The number of carbonyl (C=O) groups is 1. The highest BCUT2D eigenvalue weighted by Gasteiger charge is 2.22. The molecular weight excluding hydrogens is 490 g/mol. The number of fused-ring (bicyclic) bond motifs is 3. The molecule has 0 aliphatic rings. The second kappa shape index (κ2) is 10.5. The number of hydrogen-bond donors (Lipinski definition) is 1. The standard InChI is InChI=1S/C26H27N7O5/c1-26(2,15-36-4)28-24(34)16-9-10-17(27-12-16)13-37-25-20-8-6-5-7-19(20)22-29-30-23(33(22)31-25)21-11-18(14-35-3)38-32-21/h5-12H,13-15H2,1-4H3,(H,28,34). The van der Waals surface area contributed by atoms with E-state index < -0.39 is 5.54 Å². The van der Waals surface area contributed by atoms with Gasteiger partial charge in [-0.2, -0.15) is 4.52 Å². The molecule has 38 heavy (non-hydrogen) atoms. The molecule has 0 saturated heterocycles. The van der Waals surface area contributed by atoms with Crippen LogP contribution in [0.15, 0.2) is 53.2 Å². The van der Waals surface area contributed by atoms with E-state index in [4.69, 9.17) is 18.7 Å². The maximum Gasteiger partial charge on any atom is 0.253 e. The van der Waals surface area contributed by atoms with Crippen LogP contribution in [0.5, 0.6) is 5.88 Å². The summed E-state index contributed by atoms with van der Waals surface area (Å²) in [7, 11) is 3.17. The van der Waals surface area contributed by atoms with Gasteiger partial charge in [0, 0.05) is 37.3 Å². The van der Waals surface area contributed by atoms with Gasteiger partial charge >= 0.3 is 0 Å². The van der Waals surface area contributed by atoms with Gasteiger partial charge in [-0.1, -0.05) is 23.4 Å². The summed E-state index contributed by atoms with van der Waals surface area (Å²) in [6, 6.07) is 12.8. The molecule has 0 bridgehead atoms. The Morgan fingerprint density at radius 1 is 1.05 bits per heavy atom. The number of nitrogens with zero attached hydrogens (tertiary/aromatic N) is 6. The number of ether oxygens (including phenoxy) is 3. The summed E-state index contributed by atoms with van der Waals surface area (Å²) in [5.74, 6) is 1.11. The lowest BCUT2D eigenvalue weighted by Gasteiger charge is -2.25. The predicted octanol–water partition coefficient (Wildman–Crippen LogP) is 3.21. The molecule has 4 heterocycles. The lowest BCUT2D eigenvalue weighted by atomic mass is 10.1. The molecule has 196 valence electrons. The van der Waals surface area contributed by atoms with Crippen molar-refractivity contribution < 1.29 is 23.5 Å². The zero-order valence-electron chi connectivity index (χ0n) is 21.5. The van der Waals surface area contributed by atoms with Gasteiger partial charge in [0.2, 0.25) is 11.7 Å². The van der Waals surface area contributed by atoms with Gasteiger partial charge in [-0.15, -0.1) is 15.3 Å². The second-order valence-corrected chi connectivity index (χ2v) is 9.32. The number of benzene rings is 1. The molecule has 0 fully saturated rings. The summed E-state index contributed by atoms with van der Waals surface area (Å²) in [5.41, 5.74) is 1.61. The molecule has 12 heteroatoms. The highest BCUT2D eigenvalue weighted by atomic mass is 16.5. The summed E-state index contributed by atoms with van der Waals surface area (Å²) in [5, 5.41) is 21.9. The molecule has 0 aliphatic carbocycles. The Morgan fingerprint density at radius 2 is 1.87 bits per heavy atom. The Labute approximate surface area is 217 Å². The molecule has 5 rings (SSSR count). The van der Waals surface area contributed by atoms with Gasteiger partial charge in [-0.05, 0) is 32.0 Å². The molecule has 0 atom stereocenters. The van der Waals surface area contributed by atoms with Crippen LogP contribution in [0.25, 0.3) is 27.9 Å². The SMILES string of the molecule is COCc1cc(-c2nnc3c4ccccc4c(OCc4ccc(C(=O)NC(C)(C)COC)cn4)nn23)no1. The van der Waals surface area contributed by atoms with E-state index in [0.717, 1.165) is 10.8 Å². The van der Waals surface area contributed by atoms with Crippen LogP contribution in [0.3, 0.4) is 0 Å². The molecule has 5 aromatic rings. The number of nitrogens with one attached hydrogen (secondary N) is 1. The van der Waals surface area contributed by atoms with Crippen LogP contribution >= 0.6 is 0 Å². The van der Waals surface area contributed by atoms with Crippen LogP contribution in [0, 0.1) is 0 Å². The van der Waals surface area contributed by atoms with Gasteiger partial charge in [0.05, 0.1) is 23.4 Å². The fraction of sp³-hybridized carbons (Fsp3) is 0.308. The second-order valence-electron chi connectivity index (χ2n) is 9.32. The Hall–Kier alpha value is -4.42. The molecule has 0 unspecified atom stereocenters. The van der Waals surface area contributed by atoms with E-state index in [-0.39, 0.29) is 19.1 Å². The molecule has 12 nitrogen and oxygen atoms in total. The fourth-order valence-corrected chi connectivity index (χ4v) is 4.01. The molecule has 1 N–H and O–H groups in total. The van der Waals surface area contributed by atoms with E-state index in [9.17, 15) is 4.79 Å². The average molecular weight is 518 g/mol. The van der Waals surface area contributed by atoms with Crippen LogP contribution in [-0.2, 0) is 22.7 Å². The summed E-state index contributed by atoms with van der Waals surface area (Å²) < 4.78 is 23.2. The van der Waals surface area contributed by atoms with E-state index in [1.165, 1.54) is 6.20 Å². The molecular formula is C26H27N7O5. The minimum Gasteiger partial charge on any atom is -0.470 e. The van der Waals surface area contributed by atoms with Crippen molar-refractivity contribution in [3.05, 3.63) is 65.7 Å². The van der Waals surface area contributed by atoms with E-state index in [2.05, 4.69) is 30.8 Å². The van der Waals surface area contributed by atoms with Crippen LogP contribution in [0.4, 0.5) is 0 Å². The third kappa shape index (κ3) is 5.17. The molecule has 4 aromatic heterocycles. The Bertz CT molecular complexity index is 1580. The minimum atomic E-state index is -0.503. The number of rotatable bonds is 10. The summed E-state index contributed by atoms with van der Waals surface area (Å²) in [4.78, 5) is 17.0. The molecule has 1 amide bonds. The number of pyridine rings is 1. The smallest absolute Gasteiger partial charge is 0.253 e. The summed E-state index contributed by atoms with van der Waals surface area (Å²) in [6.07, 6.45) is 1.52. The largest absolute Gasteiger partial charge is 0.470 e. The molecule has 0 aliphatic heterocycles. The third-order valence-corrected chi connectivity index (χ3v) is 5.71. The Balaban J connectivity index is 1.39. The maximum absolute atomic E-state index is 12.6. The molecule has 0 radical (unpaired) electrons. The predicted molar refractivity (Wildman–Crippen MR) is 136 cm³/mol. The van der Waals surface area contributed by atoms with Crippen LogP contribution in [0.2, 0.25) is 0 Å². The van der Waals surface area contributed by atoms with Gasteiger partial charge in [0.15, 0.2) is 17.1 Å². The first-order valence-electron chi connectivity index (χ1n) is 11.9. The Morgan fingerprint density at radius 3 is 2.61 bits per heavy atom. The van der Waals surface area contributed by atoms with Gasteiger partial charge in [0.1, 0.15) is 13.2 Å². The van der Waals surface area contributed by atoms with Gasteiger partial charge in [-0.3, -0.25) is 9.78 Å². The van der Waals surface area contributed by atoms with E-state index in [0.29, 0.717) is 46.7 Å². The summed E-state index contributed by atoms with van der Waals surface area (Å²) >= 11 is 0. The van der Waals surface area contributed by atoms with Gasteiger partial charge in [-0.25, -0.2) is 0 Å². The van der Waals surface area contributed by atoms with Gasteiger partial charge < -0.3 is 24.1 Å². The third-order valence-electron chi connectivity index (χ3n) is 5.71. The van der Waals surface area contributed by atoms with Crippen LogP contribution in [0.1, 0.15) is 35.7 Å². The zero-order valence-corrected chi connectivity index (χ0v) is 21.5. The van der Waals surface area contributed by atoms with Crippen LogP contribution < -0.4 is 10.1 Å². The van der Waals surface area contributed by atoms with Crippen molar-refractivity contribution in [2.75, 3.05) is 20.8 Å². The first kappa shape index (κ1) is 25.2. The molecule has 0 saturated carbocycles. The lowest BCUT2D eigenvalue weighted by Crippen LogP contribution is -2.46. The van der Waals surface area contributed by atoms with Crippen LogP contribution in [-0.4, -0.2) is 62.2 Å². The lowest BCUT2D eigenvalue weighted by molar-refractivity contribution is 0.0819. The van der Waals surface area contributed by atoms with Crippen molar-refractivity contribution in [1.82, 2.24) is 35.3 Å². The quantitative estimate of drug-likeness (QED) is 0.294. The monoisotopic (exact) mass is 517 g/mol. The molecule has 0 spiro atoms. The van der Waals surface area contributed by atoms with Crippen molar-refractivity contribution in [3.8, 4) is 17.4 Å². The van der Waals surface area contributed by atoms with Crippen molar-refractivity contribution in [2.24, 2.45) is 0 Å². The fourth-order valence-electron chi connectivity index (χ4n) is 4.01. The first-order valence-corrected chi connectivity index (χ1v) is 11.9. The van der Waals surface area contributed by atoms with Crippen molar-refractivity contribution in [1.29, 1.82) is 0 Å². The highest BCUT2D eigenvalue weighted by molar-refractivity contribution is 5.97. The van der Waals surface area contributed by atoms with Crippen molar-refractivity contribution in [3.63, 3.8) is 0 Å². The van der Waals surface area contributed by atoms with E-state index in [1.54, 1.807) is 36.9 Å². The molecule has 1 aromatic carbocycles. The normalized spacial score (nSPS) is 11.8. The number of hydrogen-bond acceptors (Lipinski definition) is 10. The summed E-state index contributed by atoms with van der Waals surface area (Å²) in [6.45, 7) is 4.59. The number of carbonyl (C=O) groups excluding carboxylic acids is 1. The number of aromatic nitrogens is 6. The highest BCUT2D eigenvalue weighted by Crippen LogP contribution is 2.29. The van der Waals surface area contributed by atoms with Crippen molar-refractivity contribution >= 4 is 22.3 Å². The number of methoxy groups -OCH3 is 2. The topological polar surface area (TPSA) is 139 Å². The maximum atomic E-state index is 12.6. The van der Waals surface area contributed by atoms with E-state index >= 15 is 0 Å².